The Labute approximate surface area is 165 Å². The van der Waals surface area contributed by atoms with Crippen molar-refractivity contribution in [3.05, 3.63) is 35.4 Å². The Kier molecular flexibility index (Phi) is 10.2. The largest absolute Gasteiger partial charge is 0.381 e. The van der Waals surface area contributed by atoms with Crippen molar-refractivity contribution in [3.63, 3.8) is 0 Å². The van der Waals surface area contributed by atoms with Crippen molar-refractivity contribution in [2.24, 2.45) is 10.9 Å². The fourth-order valence-corrected chi connectivity index (χ4v) is 2.98. The maximum atomic E-state index is 5.70. The van der Waals surface area contributed by atoms with E-state index >= 15 is 0 Å². The summed E-state index contributed by atoms with van der Waals surface area (Å²) in [7, 11) is 0. The van der Waals surface area contributed by atoms with Gasteiger partial charge >= 0.3 is 0 Å². The van der Waals surface area contributed by atoms with Crippen LogP contribution in [0.1, 0.15) is 51.2 Å². The third-order valence-electron chi connectivity index (χ3n) is 4.97. The number of aliphatic imine (C=N–C) groups is 1. The second-order valence-electron chi connectivity index (χ2n) is 7.22. The van der Waals surface area contributed by atoms with E-state index in [9.17, 15) is 0 Å². The Morgan fingerprint density at radius 2 is 1.85 bits per heavy atom. The van der Waals surface area contributed by atoms with Gasteiger partial charge in [0.1, 0.15) is 0 Å². The van der Waals surface area contributed by atoms with E-state index in [1.807, 2.05) is 0 Å². The minimum atomic E-state index is 0.699. The fourth-order valence-electron chi connectivity index (χ4n) is 2.98. The van der Waals surface area contributed by atoms with Gasteiger partial charge in [-0.2, -0.15) is 0 Å². The number of hydrogen-bond donors (Lipinski definition) is 2. The van der Waals surface area contributed by atoms with E-state index in [2.05, 4.69) is 60.6 Å². The third kappa shape index (κ3) is 8.76. The molecule has 5 heteroatoms. The summed E-state index contributed by atoms with van der Waals surface area (Å²) in [5, 5.41) is 6.77. The van der Waals surface area contributed by atoms with Gasteiger partial charge in [0.2, 0.25) is 0 Å². The number of rotatable bonds is 13. The van der Waals surface area contributed by atoms with Gasteiger partial charge in [-0.25, -0.2) is 4.99 Å². The number of nitrogens with one attached hydrogen (secondary N) is 2. The molecule has 1 saturated carbocycles. The van der Waals surface area contributed by atoms with Crippen molar-refractivity contribution in [2.45, 2.75) is 53.1 Å². The molecule has 152 valence electrons. The standard InChI is InChI=1S/C22H38N4O/c1-4-23-22(24-14-9-15-27-18-19-12-13-19)25-16-20-10-7-8-11-21(20)17-26(5-2)6-3/h7-8,10-11,19H,4-6,9,12-18H2,1-3H3,(H2,23,24,25). The maximum Gasteiger partial charge on any atom is 0.191 e. The molecule has 1 aliphatic carbocycles. The topological polar surface area (TPSA) is 48.9 Å². The van der Waals surface area contributed by atoms with E-state index in [-0.39, 0.29) is 0 Å². The molecule has 1 fully saturated rings. The highest BCUT2D eigenvalue weighted by molar-refractivity contribution is 5.79. The zero-order chi connectivity index (χ0) is 19.3. The van der Waals surface area contributed by atoms with E-state index in [0.717, 1.165) is 64.2 Å². The van der Waals surface area contributed by atoms with Crippen LogP contribution < -0.4 is 10.6 Å². The van der Waals surface area contributed by atoms with Gasteiger partial charge in [-0.05, 0) is 56.3 Å². The van der Waals surface area contributed by atoms with Gasteiger partial charge in [-0.15, -0.1) is 0 Å². The van der Waals surface area contributed by atoms with E-state index in [1.165, 1.54) is 24.0 Å². The molecule has 1 aromatic rings. The van der Waals surface area contributed by atoms with Crippen molar-refractivity contribution in [1.82, 2.24) is 15.5 Å². The van der Waals surface area contributed by atoms with Gasteiger partial charge in [0.15, 0.2) is 5.96 Å². The predicted octanol–water partition coefficient (Wildman–Crippen LogP) is 3.40. The number of hydrogen-bond acceptors (Lipinski definition) is 3. The fraction of sp³-hybridized carbons (Fsp3) is 0.682. The maximum absolute atomic E-state index is 5.70. The zero-order valence-corrected chi connectivity index (χ0v) is 17.5. The van der Waals surface area contributed by atoms with Crippen LogP contribution in [-0.2, 0) is 17.8 Å². The lowest BCUT2D eigenvalue weighted by atomic mass is 10.1. The summed E-state index contributed by atoms with van der Waals surface area (Å²) in [6.45, 7) is 13.9. The molecular formula is C22H38N4O. The molecule has 0 amide bonds. The average Bonchev–Trinajstić information content (AvgIpc) is 3.52. The monoisotopic (exact) mass is 374 g/mol. The van der Waals surface area contributed by atoms with Crippen LogP contribution in [0, 0.1) is 5.92 Å². The lowest BCUT2D eigenvalue weighted by molar-refractivity contribution is 0.123. The summed E-state index contributed by atoms with van der Waals surface area (Å²) in [5.74, 6) is 1.73. The molecule has 1 aromatic carbocycles. The van der Waals surface area contributed by atoms with Crippen molar-refractivity contribution in [2.75, 3.05) is 39.4 Å². The highest BCUT2D eigenvalue weighted by Gasteiger charge is 2.20. The van der Waals surface area contributed by atoms with Gasteiger partial charge in [0, 0.05) is 32.8 Å². The van der Waals surface area contributed by atoms with Crippen LogP contribution in [0.5, 0.6) is 0 Å². The van der Waals surface area contributed by atoms with Crippen molar-refractivity contribution < 1.29 is 4.74 Å². The quantitative estimate of drug-likeness (QED) is 0.316. The Morgan fingerprint density at radius 1 is 1.11 bits per heavy atom. The number of nitrogens with zero attached hydrogens (tertiary/aromatic N) is 2. The Morgan fingerprint density at radius 3 is 2.52 bits per heavy atom. The first-order chi connectivity index (χ1) is 13.3. The third-order valence-corrected chi connectivity index (χ3v) is 4.97. The number of guanidine groups is 1. The van der Waals surface area contributed by atoms with E-state index in [0.29, 0.717) is 6.54 Å². The molecular weight excluding hydrogens is 336 g/mol. The van der Waals surface area contributed by atoms with Crippen LogP contribution in [0.15, 0.2) is 29.3 Å². The first-order valence-electron chi connectivity index (χ1n) is 10.7. The molecule has 5 nitrogen and oxygen atoms in total. The molecule has 27 heavy (non-hydrogen) atoms. The molecule has 0 aliphatic heterocycles. The molecule has 2 N–H and O–H groups in total. The van der Waals surface area contributed by atoms with E-state index in [4.69, 9.17) is 9.73 Å². The van der Waals surface area contributed by atoms with Crippen LogP contribution in [-0.4, -0.2) is 50.3 Å². The summed E-state index contributed by atoms with van der Waals surface area (Å²) in [4.78, 5) is 7.23. The minimum absolute atomic E-state index is 0.699. The van der Waals surface area contributed by atoms with Crippen molar-refractivity contribution in [1.29, 1.82) is 0 Å². The molecule has 0 heterocycles. The molecule has 0 radical (unpaired) electrons. The Hall–Kier alpha value is -1.59. The molecule has 2 rings (SSSR count). The predicted molar refractivity (Wildman–Crippen MR) is 114 cm³/mol. The van der Waals surface area contributed by atoms with E-state index in [1.54, 1.807) is 0 Å². The summed E-state index contributed by atoms with van der Waals surface area (Å²) < 4.78 is 5.70. The van der Waals surface area contributed by atoms with Crippen LogP contribution in [0.4, 0.5) is 0 Å². The van der Waals surface area contributed by atoms with Crippen LogP contribution in [0.25, 0.3) is 0 Å². The first-order valence-corrected chi connectivity index (χ1v) is 10.7. The van der Waals surface area contributed by atoms with Crippen LogP contribution >= 0.6 is 0 Å². The first kappa shape index (κ1) is 21.7. The minimum Gasteiger partial charge on any atom is -0.381 e. The van der Waals surface area contributed by atoms with Crippen molar-refractivity contribution in [3.8, 4) is 0 Å². The number of ether oxygens (including phenoxy) is 1. The molecule has 0 spiro atoms. The van der Waals surface area contributed by atoms with Crippen LogP contribution in [0.3, 0.4) is 0 Å². The molecule has 0 atom stereocenters. The smallest absolute Gasteiger partial charge is 0.191 e. The highest BCUT2D eigenvalue weighted by Crippen LogP contribution is 2.28. The van der Waals surface area contributed by atoms with Gasteiger partial charge < -0.3 is 15.4 Å². The second kappa shape index (κ2) is 12.7. The second-order valence-corrected chi connectivity index (χ2v) is 7.22. The lowest BCUT2D eigenvalue weighted by Gasteiger charge is -2.20. The zero-order valence-electron chi connectivity index (χ0n) is 17.5. The summed E-state index contributed by atoms with van der Waals surface area (Å²) in [6.07, 6.45) is 3.71. The lowest BCUT2D eigenvalue weighted by Crippen LogP contribution is -2.38. The molecule has 0 bridgehead atoms. The summed E-state index contributed by atoms with van der Waals surface area (Å²) >= 11 is 0. The Bertz CT molecular complexity index is 553. The van der Waals surface area contributed by atoms with Crippen molar-refractivity contribution >= 4 is 5.96 Å². The van der Waals surface area contributed by atoms with Crippen LogP contribution in [0.2, 0.25) is 0 Å². The number of benzene rings is 1. The molecule has 0 unspecified atom stereocenters. The van der Waals surface area contributed by atoms with Gasteiger partial charge in [-0.1, -0.05) is 38.1 Å². The van der Waals surface area contributed by atoms with Gasteiger partial charge in [-0.3, -0.25) is 4.90 Å². The molecule has 0 aromatic heterocycles. The normalized spacial score (nSPS) is 14.6. The highest BCUT2D eigenvalue weighted by atomic mass is 16.5. The molecule has 0 saturated heterocycles. The van der Waals surface area contributed by atoms with Gasteiger partial charge in [0.05, 0.1) is 6.54 Å². The SMILES string of the molecule is CCNC(=NCc1ccccc1CN(CC)CC)NCCCOCC1CC1. The Balaban J connectivity index is 1.81. The van der Waals surface area contributed by atoms with Gasteiger partial charge in [0.25, 0.3) is 0 Å². The summed E-state index contributed by atoms with van der Waals surface area (Å²) in [6, 6.07) is 8.64. The van der Waals surface area contributed by atoms with E-state index < -0.39 is 0 Å². The summed E-state index contributed by atoms with van der Waals surface area (Å²) in [5.41, 5.74) is 2.67. The average molecular weight is 375 g/mol. The molecule has 1 aliphatic rings.